The third-order valence-electron chi connectivity index (χ3n) is 4.62. The molecule has 0 amide bonds. The van der Waals surface area contributed by atoms with E-state index in [1.807, 2.05) is 54.6 Å². The van der Waals surface area contributed by atoms with Gasteiger partial charge < -0.3 is 5.11 Å². The van der Waals surface area contributed by atoms with Crippen LogP contribution in [0.2, 0.25) is 5.02 Å². The number of rotatable bonds is 2. The fraction of sp³-hybridized carbons (Fsp3) is 0.143. The summed E-state index contributed by atoms with van der Waals surface area (Å²) in [6, 6.07) is 15.1. The summed E-state index contributed by atoms with van der Waals surface area (Å²) in [5, 5.41) is 11.2. The molecule has 0 radical (unpaired) electrons. The van der Waals surface area contributed by atoms with Crippen LogP contribution in [-0.2, 0) is 6.42 Å². The minimum atomic E-state index is -0.895. The molecule has 0 atom stereocenters. The molecule has 4 heteroatoms. The maximum Gasteiger partial charge on any atom is 0.336 e. The van der Waals surface area contributed by atoms with Gasteiger partial charge in [-0.25, -0.2) is 9.78 Å². The number of halogens is 1. The Bertz CT molecular complexity index is 1020. The van der Waals surface area contributed by atoms with E-state index in [2.05, 4.69) is 0 Å². The summed E-state index contributed by atoms with van der Waals surface area (Å²) in [7, 11) is 0. The number of para-hydroxylation sites is 1. The molecule has 4 rings (SSSR count). The zero-order valence-corrected chi connectivity index (χ0v) is 14.3. The van der Waals surface area contributed by atoms with Crippen molar-refractivity contribution in [2.75, 3.05) is 0 Å². The van der Waals surface area contributed by atoms with Gasteiger partial charge in [-0.1, -0.05) is 48.0 Å². The minimum Gasteiger partial charge on any atom is -0.478 e. The Morgan fingerprint density at radius 2 is 1.84 bits per heavy atom. The van der Waals surface area contributed by atoms with Gasteiger partial charge in [0, 0.05) is 10.4 Å². The Hall–Kier alpha value is -2.65. The van der Waals surface area contributed by atoms with Crippen molar-refractivity contribution >= 4 is 40.1 Å². The van der Waals surface area contributed by atoms with Crippen LogP contribution in [0.4, 0.5) is 0 Å². The topological polar surface area (TPSA) is 50.2 Å². The Labute approximate surface area is 150 Å². The van der Waals surface area contributed by atoms with Crippen LogP contribution in [0.1, 0.15) is 40.0 Å². The highest BCUT2D eigenvalue weighted by atomic mass is 35.5. The van der Waals surface area contributed by atoms with Gasteiger partial charge in [-0.2, -0.15) is 0 Å². The SMILES string of the molecule is O=C(O)c1c2c(nc3ccccc13)C(=Cc1ccccc1Cl)CCC2. The van der Waals surface area contributed by atoms with Crippen LogP contribution < -0.4 is 0 Å². The third-order valence-corrected chi connectivity index (χ3v) is 4.96. The summed E-state index contributed by atoms with van der Waals surface area (Å²) >= 11 is 6.29. The zero-order valence-electron chi connectivity index (χ0n) is 13.5. The van der Waals surface area contributed by atoms with Gasteiger partial charge in [0.15, 0.2) is 0 Å². The number of fused-ring (bicyclic) bond motifs is 2. The Morgan fingerprint density at radius 3 is 2.64 bits per heavy atom. The Balaban J connectivity index is 1.99. The van der Waals surface area contributed by atoms with E-state index < -0.39 is 5.97 Å². The smallest absolute Gasteiger partial charge is 0.336 e. The van der Waals surface area contributed by atoms with E-state index in [4.69, 9.17) is 16.6 Å². The van der Waals surface area contributed by atoms with Crippen molar-refractivity contribution in [1.82, 2.24) is 4.98 Å². The molecule has 1 aliphatic rings. The van der Waals surface area contributed by atoms with Crippen LogP contribution in [0.3, 0.4) is 0 Å². The lowest BCUT2D eigenvalue weighted by molar-refractivity contribution is 0.0697. The van der Waals surface area contributed by atoms with Crippen LogP contribution in [0.5, 0.6) is 0 Å². The van der Waals surface area contributed by atoms with Crippen molar-refractivity contribution in [3.8, 4) is 0 Å². The molecule has 25 heavy (non-hydrogen) atoms. The number of hydrogen-bond acceptors (Lipinski definition) is 2. The lowest BCUT2D eigenvalue weighted by atomic mass is 9.86. The van der Waals surface area contributed by atoms with Gasteiger partial charge in [0.05, 0.1) is 16.8 Å². The van der Waals surface area contributed by atoms with Crippen LogP contribution in [-0.4, -0.2) is 16.1 Å². The second-order valence-electron chi connectivity index (χ2n) is 6.18. The first-order chi connectivity index (χ1) is 12.1. The number of carboxylic acid groups (broad SMARTS) is 1. The number of carboxylic acids is 1. The lowest BCUT2D eigenvalue weighted by Gasteiger charge is -2.21. The molecular formula is C21H16ClNO2. The second kappa shape index (κ2) is 6.34. The molecule has 0 spiro atoms. The quantitative estimate of drug-likeness (QED) is 0.668. The van der Waals surface area contributed by atoms with E-state index in [0.29, 0.717) is 21.5 Å². The molecule has 0 saturated heterocycles. The molecule has 0 fully saturated rings. The zero-order chi connectivity index (χ0) is 17.4. The molecule has 0 saturated carbocycles. The minimum absolute atomic E-state index is 0.380. The van der Waals surface area contributed by atoms with Gasteiger partial charge in [-0.05, 0) is 54.2 Å². The highest BCUT2D eigenvalue weighted by Crippen LogP contribution is 2.36. The first-order valence-corrected chi connectivity index (χ1v) is 8.63. The van der Waals surface area contributed by atoms with Gasteiger partial charge in [-0.15, -0.1) is 0 Å². The summed E-state index contributed by atoms with van der Waals surface area (Å²) in [6.45, 7) is 0. The summed E-state index contributed by atoms with van der Waals surface area (Å²) < 4.78 is 0. The molecule has 1 N–H and O–H groups in total. The molecule has 3 nitrogen and oxygen atoms in total. The van der Waals surface area contributed by atoms with Crippen molar-refractivity contribution in [2.24, 2.45) is 0 Å². The van der Waals surface area contributed by atoms with E-state index in [-0.39, 0.29) is 0 Å². The van der Waals surface area contributed by atoms with Crippen LogP contribution in [0.25, 0.3) is 22.6 Å². The molecule has 0 bridgehead atoms. The van der Waals surface area contributed by atoms with Gasteiger partial charge in [0.25, 0.3) is 0 Å². The van der Waals surface area contributed by atoms with Gasteiger partial charge >= 0.3 is 5.97 Å². The largest absolute Gasteiger partial charge is 0.478 e. The average Bonchev–Trinajstić information content (AvgIpc) is 2.61. The predicted octanol–water partition coefficient (Wildman–Crippen LogP) is 5.46. The van der Waals surface area contributed by atoms with Crippen molar-refractivity contribution in [2.45, 2.75) is 19.3 Å². The summed E-state index contributed by atoms with van der Waals surface area (Å²) in [4.78, 5) is 16.7. The monoisotopic (exact) mass is 349 g/mol. The highest BCUT2D eigenvalue weighted by Gasteiger charge is 2.24. The van der Waals surface area contributed by atoms with E-state index in [1.54, 1.807) is 0 Å². The standard InChI is InChI=1S/C21H16ClNO2/c22-17-10-3-1-6-13(17)12-14-7-5-9-16-19(21(24)25)15-8-2-4-11-18(15)23-20(14)16/h1-4,6,8,10-12H,5,7,9H2,(H,24,25). The number of pyridine rings is 1. The van der Waals surface area contributed by atoms with Crippen LogP contribution >= 0.6 is 11.6 Å². The normalized spacial score (nSPS) is 15.3. The Kier molecular flexibility index (Phi) is 4.02. The predicted molar refractivity (Wildman–Crippen MR) is 101 cm³/mol. The highest BCUT2D eigenvalue weighted by molar-refractivity contribution is 6.32. The average molecular weight is 350 g/mol. The molecule has 1 aromatic heterocycles. The number of hydrogen-bond donors (Lipinski definition) is 1. The second-order valence-corrected chi connectivity index (χ2v) is 6.59. The van der Waals surface area contributed by atoms with Crippen molar-refractivity contribution in [1.29, 1.82) is 0 Å². The Morgan fingerprint density at radius 1 is 1.08 bits per heavy atom. The molecule has 2 aromatic carbocycles. The number of aromatic carboxylic acids is 1. The van der Waals surface area contributed by atoms with E-state index in [9.17, 15) is 9.90 Å². The molecule has 1 aliphatic carbocycles. The maximum absolute atomic E-state index is 11.9. The van der Waals surface area contributed by atoms with Crippen molar-refractivity contribution in [3.05, 3.63) is 75.9 Å². The number of nitrogens with zero attached hydrogens (tertiary/aromatic N) is 1. The molecule has 1 heterocycles. The summed E-state index contributed by atoms with van der Waals surface area (Å²) in [5.41, 5.74) is 4.69. The van der Waals surface area contributed by atoms with Gasteiger partial charge in [0.1, 0.15) is 0 Å². The van der Waals surface area contributed by atoms with Crippen LogP contribution in [0, 0.1) is 0 Å². The van der Waals surface area contributed by atoms with E-state index in [0.717, 1.165) is 41.7 Å². The van der Waals surface area contributed by atoms with Crippen molar-refractivity contribution in [3.63, 3.8) is 0 Å². The summed E-state index contributed by atoms with van der Waals surface area (Å²) in [6.07, 6.45) is 4.54. The molecular weight excluding hydrogens is 334 g/mol. The number of carbonyl (C=O) groups is 1. The van der Waals surface area contributed by atoms with Gasteiger partial charge in [-0.3, -0.25) is 0 Å². The molecule has 124 valence electrons. The first kappa shape index (κ1) is 15.9. The number of benzene rings is 2. The van der Waals surface area contributed by atoms with E-state index >= 15 is 0 Å². The van der Waals surface area contributed by atoms with E-state index in [1.165, 1.54) is 0 Å². The number of aromatic nitrogens is 1. The maximum atomic E-state index is 11.9. The van der Waals surface area contributed by atoms with Crippen LogP contribution in [0.15, 0.2) is 48.5 Å². The molecule has 3 aromatic rings. The number of allylic oxidation sites excluding steroid dienone is 1. The fourth-order valence-corrected chi connectivity index (χ4v) is 3.69. The third kappa shape index (κ3) is 2.81. The lowest BCUT2D eigenvalue weighted by Crippen LogP contribution is -2.13. The molecule has 0 unspecified atom stereocenters. The van der Waals surface area contributed by atoms with Crippen molar-refractivity contribution < 1.29 is 9.90 Å². The fourth-order valence-electron chi connectivity index (χ4n) is 3.50. The van der Waals surface area contributed by atoms with Gasteiger partial charge in [0.2, 0.25) is 0 Å². The first-order valence-electron chi connectivity index (χ1n) is 8.25. The summed E-state index contributed by atoms with van der Waals surface area (Å²) in [5.74, 6) is -0.895. The molecule has 0 aliphatic heterocycles.